The lowest BCUT2D eigenvalue weighted by molar-refractivity contribution is 0.0527. The Hall–Kier alpha value is -2.89. The van der Waals surface area contributed by atoms with Crippen molar-refractivity contribution >= 4 is 17.7 Å². The smallest absolute Gasteiger partial charge is 0.340 e. The largest absolute Gasteiger partial charge is 0.462 e. The number of hydrogen-bond donors (Lipinski definition) is 2. The van der Waals surface area contributed by atoms with Gasteiger partial charge in [0.15, 0.2) is 0 Å². The van der Waals surface area contributed by atoms with Gasteiger partial charge in [-0.05, 0) is 36.8 Å². The summed E-state index contributed by atoms with van der Waals surface area (Å²) < 4.78 is 18.0. The maximum absolute atomic E-state index is 13.1. The molecule has 0 aromatic heterocycles. The molecular formula is C17H17FN2O3. The SMILES string of the molecule is CCOC(=O)c1ccccc1NC(=O)NCc1cccc(F)c1. The molecule has 0 aliphatic rings. The number of benzene rings is 2. The molecule has 2 N–H and O–H groups in total. The molecule has 0 fully saturated rings. The van der Waals surface area contributed by atoms with Gasteiger partial charge in [0.05, 0.1) is 17.9 Å². The number of urea groups is 1. The summed E-state index contributed by atoms with van der Waals surface area (Å²) >= 11 is 0. The van der Waals surface area contributed by atoms with E-state index >= 15 is 0 Å². The third kappa shape index (κ3) is 4.81. The first-order valence-corrected chi connectivity index (χ1v) is 7.15. The number of rotatable bonds is 5. The average molecular weight is 316 g/mol. The van der Waals surface area contributed by atoms with Crippen LogP contribution in [0.5, 0.6) is 0 Å². The van der Waals surface area contributed by atoms with Gasteiger partial charge in [0, 0.05) is 6.54 Å². The van der Waals surface area contributed by atoms with Gasteiger partial charge in [-0.2, -0.15) is 0 Å². The number of hydrogen-bond acceptors (Lipinski definition) is 3. The molecule has 0 saturated heterocycles. The number of anilines is 1. The van der Waals surface area contributed by atoms with Crippen molar-refractivity contribution in [3.8, 4) is 0 Å². The topological polar surface area (TPSA) is 67.4 Å². The van der Waals surface area contributed by atoms with Gasteiger partial charge in [-0.3, -0.25) is 0 Å². The van der Waals surface area contributed by atoms with Gasteiger partial charge >= 0.3 is 12.0 Å². The third-order valence-electron chi connectivity index (χ3n) is 3.01. The minimum absolute atomic E-state index is 0.172. The molecule has 0 unspecified atom stereocenters. The molecule has 6 heteroatoms. The van der Waals surface area contributed by atoms with Crippen LogP contribution in [0.1, 0.15) is 22.8 Å². The minimum Gasteiger partial charge on any atom is -0.462 e. The number of amides is 2. The van der Waals surface area contributed by atoms with Crippen LogP contribution in [0.3, 0.4) is 0 Å². The van der Waals surface area contributed by atoms with E-state index in [0.29, 0.717) is 11.3 Å². The molecule has 120 valence electrons. The zero-order valence-corrected chi connectivity index (χ0v) is 12.6. The molecule has 23 heavy (non-hydrogen) atoms. The van der Waals surface area contributed by atoms with Crippen LogP contribution >= 0.6 is 0 Å². The highest BCUT2D eigenvalue weighted by Gasteiger charge is 2.13. The van der Waals surface area contributed by atoms with E-state index in [4.69, 9.17) is 4.74 Å². The van der Waals surface area contributed by atoms with Crippen LogP contribution in [0.25, 0.3) is 0 Å². The Morgan fingerprint density at radius 1 is 1.13 bits per heavy atom. The maximum atomic E-state index is 13.1. The second-order valence-electron chi connectivity index (χ2n) is 4.70. The monoisotopic (exact) mass is 316 g/mol. The van der Waals surface area contributed by atoms with Crippen LogP contribution < -0.4 is 10.6 Å². The minimum atomic E-state index is -0.506. The van der Waals surface area contributed by atoms with E-state index in [2.05, 4.69) is 10.6 Å². The van der Waals surface area contributed by atoms with Crippen molar-refractivity contribution in [3.05, 3.63) is 65.5 Å². The molecule has 2 amide bonds. The van der Waals surface area contributed by atoms with Crippen molar-refractivity contribution in [2.45, 2.75) is 13.5 Å². The Labute approximate surface area is 133 Å². The van der Waals surface area contributed by atoms with Crippen molar-refractivity contribution in [1.82, 2.24) is 5.32 Å². The predicted molar refractivity (Wildman–Crippen MR) is 84.7 cm³/mol. The van der Waals surface area contributed by atoms with Crippen molar-refractivity contribution in [2.24, 2.45) is 0 Å². The highest BCUT2D eigenvalue weighted by atomic mass is 19.1. The summed E-state index contributed by atoms with van der Waals surface area (Å²) in [5.74, 6) is -0.870. The molecule has 0 aliphatic heterocycles. The summed E-state index contributed by atoms with van der Waals surface area (Å²) in [6, 6.07) is 12.0. The number of esters is 1. The number of carbonyl (C=O) groups excluding carboxylic acids is 2. The van der Waals surface area contributed by atoms with Crippen LogP contribution in [0.2, 0.25) is 0 Å². The van der Waals surface area contributed by atoms with Crippen LogP contribution in [-0.2, 0) is 11.3 Å². The van der Waals surface area contributed by atoms with E-state index in [0.717, 1.165) is 0 Å². The zero-order valence-electron chi connectivity index (χ0n) is 12.6. The molecule has 5 nitrogen and oxygen atoms in total. The van der Waals surface area contributed by atoms with Crippen molar-refractivity contribution in [1.29, 1.82) is 0 Å². The lowest BCUT2D eigenvalue weighted by Crippen LogP contribution is -2.29. The van der Waals surface area contributed by atoms with E-state index in [1.807, 2.05) is 0 Å². The first-order chi connectivity index (χ1) is 11.1. The first kappa shape index (κ1) is 16.5. The predicted octanol–water partition coefficient (Wildman–Crippen LogP) is 3.32. The standard InChI is InChI=1S/C17H17FN2O3/c1-2-23-16(21)14-8-3-4-9-15(14)20-17(22)19-11-12-6-5-7-13(18)10-12/h3-10H,2,11H2,1H3,(H2,19,20,22). The second kappa shape index (κ2) is 7.93. The summed E-state index contributed by atoms with van der Waals surface area (Å²) in [7, 11) is 0. The van der Waals surface area contributed by atoms with Crippen molar-refractivity contribution in [3.63, 3.8) is 0 Å². The molecule has 2 aromatic rings. The Morgan fingerprint density at radius 2 is 1.91 bits per heavy atom. The third-order valence-corrected chi connectivity index (χ3v) is 3.01. The molecule has 0 radical (unpaired) electrons. The highest BCUT2D eigenvalue weighted by Crippen LogP contribution is 2.16. The molecule has 0 spiro atoms. The average Bonchev–Trinajstić information content (AvgIpc) is 2.54. The molecule has 2 aromatic carbocycles. The molecule has 0 bridgehead atoms. The van der Waals surface area contributed by atoms with Crippen LogP contribution in [0.4, 0.5) is 14.9 Å². The molecular weight excluding hydrogens is 299 g/mol. The second-order valence-corrected chi connectivity index (χ2v) is 4.70. The lowest BCUT2D eigenvalue weighted by Gasteiger charge is -2.11. The number of para-hydroxylation sites is 1. The van der Waals surface area contributed by atoms with Gasteiger partial charge in [0.1, 0.15) is 5.82 Å². The van der Waals surface area contributed by atoms with Crippen molar-refractivity contribution < 1.29 is 18.7 Å². The van der Waals surface area contributed by atoms with Gasteiger partial charge < -0.3 is 15.4 Å². The summed E-state index contributed by atoms with van der Waals surface area (Å²) in [4.78, 5) is 23.8. The zero-order chi connectivity index (χ0) is 16.7. The van der Waals surface area contributed by atoms with Gasteiger partial charge in [-0.15, -0.1) is 0 Å². The van der Waals surface area contributed by atoms with Crippen LogP contribution in [0, 0.1) is 5.82 Å². The molecule has 2 rings (SSSR count). The number of carbonyl (C=O) groups is 2. The summed E-state index contributed by atoms with van der Waals surface area (Å²) in [5.41, 5.74) is 1.26. The Balaban J connectivity index is 1.99. The van der Waals surface area contributed by atoms with Crippen molar-refractivity contribution in [2.75, 3.05) is 11.9 Å². The molecule has 0 saturated carbocycles. The van der Waals surface area contributed by atoms with Gasteiger partial charge in [-0.1, -0.05) is 24.3 Å². The Kier molecular flexibility index (Phi) is 5.68. The summed E-state index contributed by atoms with van der Waals surface area (Å²) in [5, 5.41) is 5.19. The van der Waals surface area contributed by atoms with Crippen LogP contribution in [0.15, 0.2) is 48.5 Å². The molecule has 0 atom stereocenters. The fourth-order valence-corrected chi connectivity index (χ4v) is 1.97. The quantitative estimate of drug-likeness (QED) is 0.832. The molecule has 0 aliphatic carbocycles. The lowest BCUT2D eigenvalue weighted by atomic mass is 10.2. The fourth-order valence-electron chi connectivity index (χ4n) is 1.97. The summed E-state index contributed by atoms with van der Waals surface area (Å²) in [6.07, 6.45) is 0. The summed E-state index contributed by atoms with van der Waals surface area (Å²) in [6.45, 7) is 2.13. The maximum Gasteiger partial charge on any atom is 0.340 e. The first-order valence-electron chi connectivity index (χ1n) is 7.15. The number of ether oxygens (including phenoxy) is 1. The number of halogens is 1. The van der Waals surface area contributed by atoms with Gasteiger partial charge in [0.25, 0.3) is 0 Å². The molecule has 0 heterocycles. The van der Waals surface area contributed by atoms with E-state index in [1.165, 1.54) is 12.1 Å². The van der Waals surface area contributed by atoms with E-state index in [1.54, 1.807) is 43.3 Å². The van der Waals surface area contributed by atoms with E-state index in [9.17, 15) is 14.0 Å². The Morgan fingerprint density at radius 3 is 2.65 bits per heavy atom. The fraction of sp³-hybridized carbons (Fsp3) is 0.176. The number of nitrogens with one attached hydrogen (secondary N) is 2. The highest BCUT2D eigenvalue weighted by molar-refractivity contribution is 6.00. The normalized spacial score (nSPS) is 10.0. The van der Waals surface area contributed by atoms with Gasteiger partial charge in [-0.25, -0.2) is 14.0 Å². The van der Waals surface area contributed by atoms with Gasteiger partial charge in [0.2, 0.25) is 0 Å². The Bertz CT molecular complexity index is 704. The van der Waals surface area contributed by atoms with E-state index < -0.39 is 12.0 Å². The van der Waals surface area contributed by atoms with E-state index in [-0.39, 0.29) is 24.5 Å². The van der Waals surface area contributed by atoms with Crippen LogP contribution in [-0.4, -0.2) is 18.6 Å².